The molecule has 6 heteroatoms. The normalized spacial score (nSPS) is 9.78. The van der Waals surface area contributed by atoms with Crippen LogP contribution in [0, 0.1) is 0 Å². The standard InChI is InChI=1S/C12H9N3O3/c13-11(16)10-8(4-3-7-15-10)12(17)18-9-5-1-2-6-14-9/h1-7H,(H2,13,16). The van der Waals surface area contributed by atoms with Gasteiger partial charge in [-0.25, -0.2) is 9.78 Å². The van der Waals surface area contributed by atoms with Crippen LogP contribution in [0.15, 0.2) is 42.7 Å². The van der Waals surface area contributed by atoms with Gasteiger partial charge in [-0.2, -0.15) is 0 Å². The molecule has 0 saturated heterocycles. The Hall–Kier alpha value is -2.76. The van der Waals surface area contributed by atoms with E-state index in [4.69, 9.17) is 10.5 Å². The molecule has 0 radical (unpaired) electrons. The summed E-state index contributed by atoms with van der Waals surface area (Å²) in [5.74, 6) is -1.37. The molecule has 2 N–H and O–H groups in total. The molecule has 2 aromatic rings. The highest BCUT2D eigenvalue weighted by molar-refractivity contribution is 6.03. The number of carbonyl (C=O) groups excluding carboxylic acids is 2. The lowest BCUT2D eigenvalue weighted by Crippen LogP contribution is -2.20. The molecule has 0 bridgehead atoms. The minimum absolute atomic E-state index is 0.00986. The first-order valence-corrected chi connectivity index (χ1v) is 5.06. The van der Waals surface area contributed by atoms with Crippen molar-refractivity contribution in [1.29, 1.82) is 0 Å². The quantitative estimate of drug-likeness (QED) is 0.804. The van der Waals surface area contributed by atoms with E-state index in [1.807, 2.05) is 0 Å². The van der Waals surface area contributed by atoms with Crippen molar-refractivity contribution in [1.82, 2.24) is 9.97 Å². The van der Waals surface area contributed by atoms with Crippen LogP contribution in [0.3, 0.4) is 0 Å². The Labute approximate surface area is 102 Å². The Bertz CT molecular complexity index is 584. The van der Waals surface area contributed by atoms with Crippen molar-refractivity contribution in [2.75, 3.05) is 0 Å². The van der Waals surface area contributed by atoms with Crippen LogP contribution >= 0.6 is 0 Å². The Balaban J connectivity index is 2.27. The number of nitrogens with zero attached hydrogens (tertiary/aromatic N) is 2. The lowest BCUT2D eigenvalue weighted by atomic mass is 10.2. The molecule has 0 spiro atoms. The summed E-state index contributed by atoms with van der Waals surface area (Å²) in [6, 6.07) is 7.82. The fraction of sp³-hybridized carbons (Fsp3) is 0. The number of esters is 1. The first kappa shape index (κ1) is 11.7. The molecule has 2 rings (SSSR count). The third kappa shape index (κ3) is 2.49. The van der Waals surface area contributed by atoms with Gasteiger partial charge in [0.05, 0.1) is 5.56 Å². The number of carbonyl (C=O) groups is 2. The smallest absolute Gasteiger partial charge is 0.347 e. The highest BCUT2D eigenvalue weighted by Gasteiger charge is 2.18. The zero-order valence-corrected chi connectivity index (χ0v) is 9.24. The maximum Gasteiger partial charge on any atom is 0.347 e. The average molecular weight is 243 g/mol. The fourth-order valence-electron chi connectivity index (χ4n) is 1.32. The third-order valence-electron chi connectivity index (χ3n) is 2.10. The van der Waals surface area contributed by atoms with Crippen LogP contribution in [0.1, 0.15) is 20.8 Å². The van der Waals surface area contributed by atoms with E-state index in [2.05, 4.69) is 9.97 Å². The fourth-order valence-corrected chi connectivity index (χ4v) is 1.32. The number of hydrogen-bond donors (Lipinski definition) is 1. The summed E-state index contributed by atoms with van der Waals surface area (Å²) in [5.41, 5.74) is 5.00. The van der Waals surface area contributed by atoms with E-state index in [9.17, 15) is 9.59 Å². The van der Waals surface area contributed by atoms with Crippen LogP contribution in [-0.4, -0.2) is 21.8 Å². The zero-order chi connectivity index (χ0) is 13.0. The van der Waals surface area contributed by atoms with Gasteiger partial charge in [0.1, 0.15) is 5.69 Å². The van der Waals surface area contributed by atoms with Crippen LogP contribution in [0.2, 0.25) is 0 Å². The van der Waals surface area contributed by atoms with Crippen molar-refractivity contribution < 1.29 is 14.3 Å². The number of ether oxygens (including phenoxy) is 1. The zero-order valence-electron chi connectivity index (χ0n) is 9.24. The van der Waals surface area contributed by atoms with Gasteiger partial charge in [0.15, 0.2) is 0 Å². The van der Waals surface area contributed by atoms with E-state index in [0.717, 1.165) is 0 Å². The minimum atomic E-state index is -0.788. The molecule has 0 aliphatic carbocycles. The monoisotopic (exact) mass is 243 g/mol. The molecular formula is C12H9N3O3. The van der Waals surface area contributed by atoms with Crippen LogP contribution in [0.5, 0.6) is 5.88 Å². The van der Waals surface area contributed by atoms with E-state index in [0.29, 0.717) is 0 Å². The molecule has 0 unspecified atom stereocenters. The lowest BCUT2D eigenvalue weighted by Gasteiger charge is -2.05. The third-order valence-corrected chi connectivity index (χ3v) is 2.10. The topological polar surface area (TPSA) is 95.2 Å². The summed E-state index contributed by atoms with van der Waals surface area (Å²) >= 11 is 0. The van der Waals surface area contributed by atoms with E-state index >= 15 is 0 Å². The predicted molar refractivity (Wildman–Crippen MR) is 62.0 cm³/mol. The van der Waals surface area contributed by atoms with Gasteiger partial charge >= 0.3 is 5.97 Å². The molecule has 1 amide bonds. The Morgan fingerprint density at radius 2 is 1.83 bits per heavy atom. The summed E-state index contributed by atoms with van der Waals surface area (Å²) in [7, 11) is 0. The number of aromatic nitrogens is 2. The number of hydrogen-bond acceptors (Lipinski definition) is 5. The van der Waals surface area contributed by atoms with E-state index in [-0.39, 0.29) is 17.1 Å². The summed E-state index contributed by atoms with van der Waals surface area (Å²) in [6.07, 6.45) is 2.86. The second-order valence-corrected chi connectivity index (χ2v) is 3.32. The highest BCUT2D eigenvalue weighted by atomic mass is 16.5. The lowest BCUT2D eigenvalue weighted by molar-refractivity contribution is 0.0721. The first-order chi connectivity index (χ1) is 8.68. The Morgan fingerprint density at radius 1 is 1.06 bits per heavy atom. The number of primary amides is 1. The van der Waals surface area contributed by atoms with E-state index in [1.165, 1.54) is 30.6 Å². The summed E-state index contributed by atoms with van der Waals surface area (Å²) < 4.78 is 4.99. The SMILES string of the molecule is NC(=O)c1ncccc1C(=O)Oc1ccccn1. The molecule has 0 aliphatic rings. The van der Waals surface area contributed by atoms with Crippen molar-refractivity contribution in [2.45, 2.75) is 0 Å². The number of amides is 1. The molecule has 0 saturated carbocycles. The Kier molecular flexibility index (Phi) is 3.29. The van der Waals surface area contributed by atoms with Crippen LogP contribution in [0.25, 0.3) is 0 Å². The van der Waals surface area contributed by atoms with Gasteiger partial charge in [0.25, 0.3) is 5.91 Å². The van der Waals surface area contributed by atoms with Gasteiger partial charge in [-0.3, -0.25) is 9.78 Å². The second kappa shape index (κ2) is 5.05. The predicted octanol–water partition coefficient (Wildman–Crippen LogP) is 0.795. The molecule has 0 fully saturated rings. The first-order valence-electron chi connectivity index (χ1n) is 5.06. The van der Waals surface area contributed by atoms with Crippen molar-refractivity contribution >= 4 is 11.9 Å². The molecule has 18 heavy (non-hydrogen) atoms. The molecule has 2 heterocycles. The molecule has 6 nitrogen and oxygen atoms in total. The largest absolute Gasteiger partial charge is 0.404 e. The minimum Gasteiger partial charge on any atom is -0.404 e. The molecule has 90 valence electrons. The van der Waals surface area contributed by atoms with Crippen molar-refractivity contribution in [3.8, 4) is 5.88 Å². The van der Waals surface area contributed by atoms with Crippen LogP contribution in [-0.2, 0) is 0 Å². The molecular weight excluding hydrogens is 234 g/mol. The average Bonchev–Trinajstić information content (AvgIpc) is 2.40. The Morgan fingerprint density at radius 3 is 2.50 bits per heavy atom. The summed E-state index contributed by atoms with van der Waals surface area (Å²) in [6.45, 7) is 0. The second-order valence-electron chi connectivity index (χ2n) is 3.32. The maximum atomic E-state index is 11.8. The van der Waals surface area contributed by atoms with Gasteiger partial charge in [0.2, 0.25) is 5.88 Å². The molecule has 0 aliphatic heterocycles. The highest BCUT2D eigenvalue weighted by Crippen LogP contribution is 2.10. The van der Waals surface area contributed by atoms with Gasteiger partial charge < -0.3 is 10.5 Å². The summed E-state index contributed by atoms with van der Waals surface area (Å²) in [4.78, 5) is 30.5. The van der Waals surface area contributed by atoms with Gasteiger partial charge in [-0.1, -0.05) is 6.07 Å². The van der Waals surface area contributed by atoms with E-state index in [1.54, 1.807) is 12.1 Å². The molecule has 0 atom stereocenters. The van der Waals surface area contributed by atoms with Crippen molar-refractivity contribution in [2.24, 2.45) is 5.73 Å². The molecule has 2 aromatic heterocycles. The summed E-state index contributed by atoms with van der Waals surface area (Å²) in [5, 5.41) is 0. The maximum absolute atomic E-state index is 11.8. The number of rotatable bonds is 3. The van der Waals surface area contributed by atoms with Gasteiger partial charge in [-0.15, -0.1) is 0 Å². The van der Waals surface area contributed by atoms with Crippen LogP contribution in [0.4, 0.5) is 0 Å². The van der Waals surface area contributed by atoms with E-state index < -0.39 is 11.9 Å². The number of nitrogens with two attached hydrogens (primary N) is 1. The van der Waals surface area contributed by atoms with Crippen molar-refractivity contribution in [3.63, 3.8) is 0 Å². The van der Waals surface area contributed by atoms with Crippen molar-refractivity contribution in [3.05, 3.63) is 54.0 Å². The van der Waals surface area contributed by atoms with Crippen LogP contribution < -0.4 is 10.5 Å². The number of pyridine rings is 2. The van der Waals surface area contributed by atoms with Gasteiger partial charge in [-0.05, 0) is 18.2 Å². The molecule has 0 aromatic carbocycles. The van der Waals surface area contributed by atoms with Gasteiger partial charge in [0, 0.05) is 18.5 Å².